The van der Waals surface area contributed by atoms with E-state index in [9.17, 15) is 8.42 Å². The van der Waals surface area contributed by atoms with Crippen LogP contribution in [0, 0.1) is 0 Å². The monoisotopic (exact) mass is 396 g/mol. The van der Waals surface area contributed by atoms with Gasteiger partial charge in [-0.2, -0.15) is 4.72 Å². The fraction of sp³-hybridized carbons (Fsp3) is 0.0476. The molecule has 0 bridgehead atoms. The molecule has 0 aliphatic heterocycles. The van der Waals surface area contributed by atoms with E-state index in [4.69, 9.17) is 11.6 Å². The van der Waals surface area contributed by atoms with Gasteiger partial charge in [-0.25, -0.2) is 8.42 Å². The maximum Gasteiger partial charge on any atom is 0.241 e. The molecular formula is C21H17ClN2O2S. The lowest BCUT2D eigenvalue weighted by Crippen LogP contribution is -2.29. The van der Waals surface area contributed by atoms with Crippen molar-refractivity contribution in [2.45, 2.75) is 10.9 Å². The molecular weight excluding hydrogens is 380 g/mol. The molecule has 6 heteroatoms. The minimum Gasteiger partial charge on any atom is -0.361 e. The molecule has 0 aliphatic carbocycles. The summed E-state index contributed by atoms with van der Waals surface area (Å²) in [6.07, 6.45) is 1.83. The molecule has 4 rings (SSSR count). The Hall–Kier alpha value is -2.60. The van der Waals surface area contributed by atoms with Crippen LogP contribution in [-0.2, 0) is 10.0 Å². The Morgan fingerprint density at radius 3 is 2.26 bits per heavy atom. The van der Waals surface area contributed by atoms with Gasteiger partial charge in [0, 0.05) is 22.1 Å². The Balaban J connectivity index is 1.83. The zero-order valence-corrected chi connectivity index (χ0v) is 15.8. The third-order valence-electron chi connectivity index (χ3n) is 4.45. The van der Waals surface area contributed by atoms with E-state index in [2.05, 4.69) is 9.71 Å². The highest BCUT2D eigenvalue weighted by Gasteiger charge is 2.24. The summed E-state index contributed by atoms with van der Waals surface area (Å²) in [5, 5.41) is 1.54. The average Bonchev–Trinajstić information content (AvgIpc) is 3.10. The number of aromatic amines is 1. The summed E-state index contributed by atoms with van der Waals surface area (Å²) in [6.45, 7) is 0. The third kappa shape index (κ3) is 3.62. The minimum absolute atomic E-state index is 0.230. The molecule has 0 amide bonds. The highest BCUT2D eigenvalue weighted by Crippen LogP contribution is 2.31. The molecule has 0 spiro atoms. The number of benzene rings is 3. The van der Waals surface area contributed by atoms with Crippen molar-refractivity contribution in [3.05, 3.63) is 101 Å². The second-order valence-electron chi connectivity index (χ2n) is 6.21. The van der Waals surface area contributed by atoms with E-state index < -0.39 is 16.1 Å². The molecule has 2 N–H and O–H groups in total. The number of nitrogens with one attached hydrogen (secondary N) is 2. The van der Waals surface area contributed by atoms with Crippen molar-refractivity contribution in [3.63, 3.8) is 0 Å². The maximum absolute atomic E-state index is 13.0. The summed E-state index contributed by atoms with van der Waals surface area (Å²) >= 11 is 6.08. The molecule has 4 aromatic rings. The van der Waals surface area contributed by atoms with Crippen molar-refractivity contribution in [1.29, 1.82) is 0 Å². The number of aromatic nitrogens is 1. The van der Waals surface area contributed by atoms with Gasteiger partial charge in [0.1, 0.15) is 0 Å². The highest BCUT2D eigenvalue weighted by molar-refractivity contribution is 7.89. The zero-order chi connectivity index (χ0) is 18.9. The largest absolute Gasteiger partial charge is 0.361 e. The Morgan fingerprint density at radius 1 is 0.889 bits per heavy atom. The normalized spacial score (nSPS) is 12.9. The number of rotatable bonds is 5. The number of fused-ring (bicyclic) bond motifs is 1. The number of halogens is 1. The smallest absolute Gasteiger partial charge is 0.241 e. The molecule has 1 atom stereocenters. The topological polar surface area (TPSA) is 62.0 Å². The second-order valence-corrected chi connectivity index (χ2v) is 8.36. The summed E-state index contributed by atoms with van der Waals surface area (Å²) in [5.74, 6) is 0. The number of H-pyrrole nitrogens is 1. The molecule has 0 saturated heterocycles. The number of hydrogen-bond donors (Lipinski definition) is 2. The molecule has 0 saturated carbocycles. The van der Waals surface area contributed by atoms with Gasteiger partial charge in [-0.05, 0) is 35.4 Å². The highest BCUT2D eigenvalue weighted by atomic mass is 35.5. The van der Waals surface area contributed by atoms with Crippen LogP contribution in [0.3, 0.4) is 0 Å². The first kappa shape index (κ1) is 17.8. The third-order valence-corrected chi connectivity index (χ3v) is 6.12. The first-order valence-corrected chi connectivity index (χ1v) is 10.3. The summed E-state index contributed by atoms with van der Waals surface area (Å²) in [7, 11) is -3.70. The quantitative estimate of drug-likeness (QED) is 0.504. The van der Waals surface area contributed by atoms with Crippen LogP contribution >= 0.6 is 11.6 Å². The van der Waals surface area contributed by atoms with E-state index in [1.165, 1.54) is 0 Å². The second kappa shape index (κ2) is 7.19. The lowest BCUT2D eigenvalue weighted by molar-refractivity contribution is 0.572. The van der Waals surface area contributed by atoms with Gasteiger partial charge in [0.2, 0.25) is 10.0 Å². The van der Waals surface area contributed by atoms with Crippen LogP contribution in [0.5, 0.6) is 0 Å². The Bertz CT molecular complexity index is 1170. The lowest BCUT2D eigenvalue weighted by atomic mass is 9.99. The molecule has 0 radical (unpaired) electrons. The van der Waals surface area contributed by atoms with Crippen LogP contribution in [0.1, 0.15) is 17.2 Å². The number of hydrogen-bond acceptors (Lipinski definition) is 2. The molecule has 1 aromatic heterocycles. The maximum atomic E-state index is 13.0. The Kier molecular flexibility index (Phi) is 4.74. The van der Waals surface area contributed by atoms with Crippen molar-refractivity contribution >= 4 is 32.5 Å². The van der Waals surface area contributed by atoms with Crippen molar-refractivity contribution in [2.75, 3.05) is 0 Å². The molecule has 136 valence electrons. The minimum atomic E-state index is -3.70. The summed E-state index contributed by atoms with van der Waals surface area (Å²) in [4.78, 5) is 3.42. The first-order valence-electron chi connectivity index (χ1n) is 8.43. The molecule has 27 heavy (non-hydrogen) atoms. The van der Waals surface area contributed by atoms with E-state index in [1.807, 2.05) is 48.7 Å². The van der Waals surface area contributed by atoms with Crippen LogP contribution < -0.4 is 4.72 Å². The average molecular weight is 397 g/mol. The van der Waals surface area contributed by atoms with Gasteiger partial charge in [-0.1, -0.05) is 66.2 Å². The van der Waals surface area contributed by atoms with Crippen LogP contribution in [-0.4, -0.2) is 13.4 Å². The SMILES string of the molecule is O=S(=O)(NC(c1ccccc1)c1c[nH]c2cc(Cl)ccc12)c1ccccc1. The van der Waals surface area contributed by atoms with Crippen LogP contribution in [0.2, 0.25) is 5.02 Å². The number of sulfonamides is 1. The van der Waals surface area contributed by atoms with E-state index in [1.54, 1.807) is 36.4 Å². The van der Waals surface area contributed by atoms with Gasteiger partial charge < -0.3 is 4.98 Å². The molecule has 3 aromatic carbocycles. The van der Waals surface area contributed by atoms with Crippen molar-refractivity contribution in [3.8, 4) is 0 Å². The van der Waals surface area contributed by atoms with Gasteiger partial charge in [0.05, 0.1) is 10.9 Å². The van der Waals surface area contributed by atoms with Gasteiger partial charge in [-0.3, -0.25) is 0 Å². The predicted octanol–water partition coefficient (Wildman–Crippen LogP) is 4.89. The molecule has 1 heterocycles. The van der Waals surface area contributed by atoms with Crippen molar-refractivity contribution in [2.24, 2.45) is 0 Å². The van der Waals surface area contributed by atoms with Crippen LogP contribution in [0.4, 0.5) is 0 Å². The fourth-order valence-electron chi connectivity index (χ4n) is 3.14. The predicted molar refractivity (Wildman–Crippen MR) is 108 cm³/mol. The standard InChI is InChI=1S/C21H17ClN2O2S/c22-16-11-12-18-19(14-23-20(18)13-16)21(15-7-3-1-4-8-15)24-27(25,26)17-9-5-2-6-10-17/h1-14,21,23-24H. The van der Waals surface area contributed by atoms with Crippen LogP contribution in [0.15, 0.2) is 90.0 Å². The van der Waals surface area contributed by atoms with Gasteiger partial charge in [0.15, 0.2) is 0 Å². The zero-order valence-electron chi connectivity index (χ0n) is 14.3. The molecule has 0 aliphatic rings. The summed E-state index contributed by atoms with van der Waals surface area (Å²) in [6, 6.07) is 22.9. The van der Waals surface area contributed by atoms with Crippen LogP contribution in [0.25, 0.3) is 10.9 Å². The Morgan fingerprint density at radius 2 is 1.56 bits per heavy atom. The lowest BCUT2D eigenvalue weighted by Gasteiger charge is -2.19. The summed E-state index contributed by atoms with van der Waals surface area (Å²) < 4.78 is 28.8. The summed E-state index contributed by atoms with van der Waals surface area (Å²) in [5.41, 5.74) is 2.55. The van der Waals surface area contributed by atoms with E-state index >= 15 is 0 Å². The van der Waals surface area contributed by atoms with Gasteiger partial charge in [0.25, 0.3) is 0 Å². The molecule has 0 fully saturated rings. The Labute approximate surface area is 162 Å². The van der Waals surface area contributed by atoms with E-state index in [0.717, 1.165) is 22.0 Å². The molecule has 4 nitrogen and oxygen atoms in total. The van der Waals surface area contributed by atoms with Gasteiger partial charge >= 0.3 is 0 Å². The molecule has 1 unspecified atom stereocenters. The van der Waals surface area contributed by atoms with Gasteiger partial charge in [-0.15, -0.1) is 0 Å². The van der Waals surface area contributed by atoms with Crippen molar-refractivity contribution in [1.82, 2.24) is 9.71 Å². The fourth-order valence-corrected chi connectivity index (χ4v) is 4.54. The van der Waals surface area contributed by atoms with E-state index in [0.29, 0.717) is 5.02 Å². The first-order chi connectivity index (χ1) is 13.0. The van der Waals surface area contributed by atoms with Crippen molar-refractivity contribution < 1.29 is 8.42 Å². The van der Waals surface area contributed by atoms with E-state index in [-0.39, 0.29) is 4.90 Å².